The smallest absolute Gasteiger partial charge is 0.338 e. The molecule has 3 amide bonds. The minimum absolute atomic E-state index is 0.129. The van der Waals surface area contributed by atoms with Gasteiger partial charge < -0.3 is 14.4 Å². The Kier molecular flexibility index (Phi) is 6.07. The Morgan fingerprint density at radius 2 is 1.81 bits per heavy atom. The second-order valence-corrected chi connectivity index (χ2v) is 7.53. The van der Waals surface area contributed by atoms with Gasteiger partial charge in [0.05, 0.1) is 18.4 Å². The molecule has 0 aromatic heterocycles. The summed E-state index contributed by atoms with van der Waals surface area (Å²) in [5.74, 6) is -0.693. The van der Waals surface area contributed by atoms with E-state index in [1.54, 1.807) is 18.1 Å². The summed E-state index contributed by atoms with van der Waals surface area (Å²) in [5.41, 5.74) is 4.99. The van der Waals surface area contributed by atoms with Gasteiger partial charge in [0.25, 0.3) is 5.91 Å². The number of nitrogens with one attached hydrogen (secondary N) is 1. The first-order chi connectivity index (χ1) is 15.5. The van der Waals surface area contributed by atoms with Gasteiger partial charge in [-0.3, -0.25) is 19.8 Å². The van der Waals surface area contributed by atoms with Crippen molar-refractivity contribution in [3.8, 4) is 5.75 Å². The van der Waals surface area contributed by atoms with E-state index in [1.165, 1.54) is 24.3 Å². The third-order valence-corrected chi connectivity index (χ3v) is 5.45. The number of benzene rings is 2. The van der Waals surface area contributed by atoms with Crippen molar-refractivity contribution in [2.45, 2.75) is 25.7 Å². The van der Waals surface area contributed by atoms with Crippen molar-refractivity contribution in [2.75, 3.05) is 30.2 Å². The van der Waals surface area contributed by atoms with Crippen LogP contribution in [0.2, 0.25) is 0 Å². The molecule has 2 aromatic rings. The Morgan fingerprint density at radius 3 is 2.56 bits per heavy atom. The number of fused-ring (bicyclic) bond motifs is 1. The Morgan fingerprint density at radius 1 is 1.03 bits per heavy atom. The summed E-state index contributed by atoms with van der Waals surface area (Å²) in [6.07, 6.45) is 1.95. The number of hydrazine groups is 1. The van der Waals surface area contributed by atoms with Crippen LogP contribution in [-0.4, -0.2) is 44.0 Å². The second kappa shape index (κ2) is 9.09. The molecule has 9 nitrogen and oxygen atoms in total. The quantitative estimate of drug-likeness (QED) is 0.718. The monoisotopic (exact) mass is 437 g/mol. The Hall–Kier alpha value is -3.88. The number of nitrogens with zero attached hydrogens (tertiary/aromatic N) is 2. The van der Waals surface area contributed by atoms with Crippen molar-refractivity contribution in [3.63, 3.8) is 0 Å². The lowest BCUT2D eigenvalue weighted by Gasteiger charge is -2.29. The van der Waals surface area contributed by atoms with Crippen LogP contribution in [0.25, 0.3) is 0 Å². The van der Waals surface area contributed by atoms with Crippen LogP contribution >= 0.6 is 0 Å². The van der Waals surface area contributed by atoms with Gasteiger partial charge >= 0.3 is 5.97 Å². The van der Waals surface area contributed by atoms with Crippen molar-refractivity contribution >= 4 is 35.1 Å². The van der Waals surface area contributed by atoms with E-state index in [4.69, 9.17) is 9.47 Å². The Balaban J connectivity index is 1.37. The minimum atomic E-state index is -0.647. The maximum absolute atomic E-state index is 12.7. The summed E-state index contributed by atoms with van der Waals surface area (Å²) in [5, 5.41) is 1.16. The highest BCUT2D eigenvalue weighted by Crippen LogP contribution is 2.30. The van der Waals surface area contributed by atoms with E-state index in [0.29, 0.717) is 12.2 Å². The molecule has 166 valence electrons. The number of rotatable bonds is 5. The highest BCUT2D eigenvalue weighted by molar-refractivity contribution is 6.02. The number of amides is 3. The molecule has 0 spiro atoms. The number of ether oxygens (including phenoxy) is 2. The van der Waals surface area contributed by atoms with Gasteiger partial charge in [-0.05, 0) is 60.9 Å². The zero-order valence-electron chi connectivity index (χ0n) is 17.6. The number of methoxy groups -OCH3 is 1. The van der Waals surface area contributed by atoms with E-state index in [2.05, 4.69) is 5.43 Å². The van der Waals surface area contributed by atoms with Gasteiger partial charge in [-0.25, -0.2) is 9.80 Å². The lowest BCUT2D eigenvalue weighted by atomic mass is 10.0. The fourth-order valence-corrected chi connectivity index (χ4v) is 3.78. The van der Waals surface area contributed by atoms with Crippen LogP contribution in [0, 0.1) is 0 Å². The molecule has 0 unspecified atom stereocenters. The number of hydrogen-bond acceptors (Lipinski definition) is 6. The molecule has 4 rings (SSSR count). The van der Waals surface area contributed by atoms with Gasteiger partial charge in [-0.2, -0.15) is 0 Å². The fourth-order valence-electron chi connectivity index (χ4n) is 3.78. The lowest BCUT2D eigenvalue weighted by molar-refractivity contribution is -0.130. The van der Waals surface area contributed by atoms with Crippen LogP contribution in [0.3, 0.4) is 0 Å². The maximum Gasteiger partial charge on any atom is 0.338 e. The number of carbonyl (C=O) groups is 4. The van der Waals surface area contributed by atoms with E-state index >= 15 is 0 Å². The first kappa shape index (κ1) is 21.4. The van der Waals surface area contributed by atoms with Gasteiger partial charge in [-0.15, -0.1) is 0 Å². The fraction of sp³-hybridized carbons (Fsp3) is 0.304. The van der Waals surface area contributed by atoms with Crippen molar-refractivity contribution in [2.24, 2.45) is 0 Å². The van der Waals surface area contributed by atoms with E-state index in [1.807, 2.05) is 12.1 Å². The summed E-state index contributed by atoms with van der Waals surface area (Å²) in [6, 6.07) is 11.6. The van der Waals surface area contributed by atoms with Crippen molar-refractivity contribution in [3.05, 3.63) is 53.6 Å². The van der Waals surface area contributed by atoms with E-state index in [9.17, 15) is 19.2 Å². The first-order valence-electron chi connectivity index (χ1n) is 10.3. The molecular formula is C23H23N3O6. The van der Waals surface area contributed by atoms with Gasteiger partial charge in [0.15, 0.2) is 6.61 Å². The summed E-state index contributed by atoms with van der Waals surface area (Å²) in [7, 11) is 1.60. The predicted octanol–water partition coefficient (Wildman–Crippen LogP) is 1.99. The maximum atomic E-state index is 12.7. The molecule has 2 aliphatic rings. The molecule has 1 saturated heterocycles. The minimum Gasteiger partial charge on any atom is -0.497 e. The van der Waals surface area contributed by atoms with Crippen LogP contribution in [-0.2, 0) is 25.5 Å². The third-order valence-electron chi connectivity index (χ3n) is 5.45. The first-order valence-corrected chi connectivity index (χ1v) is 10.3. The molecule has 1 N–H and O–H groups in total. The normalized spacial score (nSPS) is 15.7. The van der Waals surface area contributed by atoms with Crippen LogP contribution in [0.4, 0.5) is 11.4 Å². The average molecular weight is 437 g/mol. The molecular weight excluding hydrogens is 414 g/mol. The Bertz CT molecular complexity index is 1070. The zero-order valence-corrected chi connectivity index (χ0v) is 17.6. The molecule has 0 bridgehead atoms. The largest absolute Gasteiger partial charge is 0.497 e. The summed E-state index contributed by atoms with van der Waals surface area (Å²) >= 11 is 0. The lowest BCUT2D eigenvalue weighted by Crippen LogP contribution is -2.50. The van der Waals surface area contributed by atoms with Crippen molar-refractivity contribution < 1.29 is 28.7 Å². The standard InChI is InChI=1S/C23H23N3O6/c1-31-18-8-9-19-16(13-18)3-2-12-25(19)22(29)14-32-23(30)15-4-6-17(7-5-15)26-21(28)11-10-20(27)24-26/h4-9,13H,2-3,10-12,14H2,1H3,(H,24,27). The number of carbonyl (C=O) groups excluding carboxylic acids is 4. The van der Waals surface area contributed by atoms with Crippen molar-refractivity contribution in [1.29, 1.82) is 0 Å². The second-order valence-electron chi connectivity index (χ2n) is 7.53. The number of anilines is 2. The molecule has 2 heterocycles. The van der Waals surface area contributed by atoms with Gasteiger partial charge in [-0.1, -0.05) is 0 Å². The predicted molar refractivity (Wildman–Crippen MR) is 115 cm³/mol. The van der Waals surface area contributed by atoms with Crippen LogP contribution in [0.1, 0.15) is 35.2 Å². The molecule has 1 fully saturated rings. The molecule has 2 aliphatic heterocycles. The molecule has 0 radical (unpaired) electrons. The highest BCUT2D eigenvalue weighted by Gasteiger charge is 2.26. The van der Waals surface area contributed by atoms with Crippen LogP contribution < -0.4 is 20.1 Å². The van der Waals surface area contributed by atoms with Gasteiger partial charge in [0, 0.05) is 25.1 Å². The summed E-state index contributed by atoms with van der Waals surface area (Å²) < 4.78 is 10.5. The van der Waals surface area contributed by atoms with E-state index < -0.39 is 5.97 Å². The molecule has 9 heteroatoms. The number of aryl methyl sites for hydroxylation is 1. The third kappa shape index (κ3) is 4.41. The molecule has 0 saturated carbocycles. The summed E-state index contributed by atoms with van der Waals surface area (Å²) in [6.45, 7) is 0.173. The van der Waals surface area contributed by atoms with Gasteiger partial charge in [0.1, 0.15) is 5.75 Å². The highest BCUT2D eigenvalue weighted by atomic mass is 16.5. The summed E-state index contributed by atoms with van der Waals surface area (Å²) in [4.78, 5) is 50.3. The van der Waals surface area contributed by atoms with Crippen LogP contribution in [0.15, 0.2) is 42.5 Å². The molecule has 32 heavy (non-hydrogen) atoms. The van der Waals surface area contributed by atoms with Gasteiger partial charge in [0.2, 0.25) is 11.8 Å². The topological polar surface area (TPSA) is 105 Å². The zero-order chi connectivity index (χ0) is 22.7. The van der Waals surface area contributed by atoms with Crippen molar-refractivity contribution in [1.82, 2.24) is 5.43 Å². The number of esters is 1. The molecule has 0 aliphatic carbocycles. The van der Waals surface area contributed by atoms with E-state index in [-0.39, 0.29) is 42.7 Å². The molecule has 2 aromatic carbocycles. The molecule has 0 atom stereocenters. The average Bonchev–Trinajstić information content (AvgIpc) is 2.83. The number of hydrogen-bond donors (Lipinski definition) is 1. The van der Waals surface area contributed by atoms with Crippen LogP contribution in [0.5, 0.6) is 5.75 Å². The SMILES string of the molecule is COc1ccc2c(c1)CCCN2C(=O)COC(=O)c1ccc(N2NC(=O)CCC2=O)cc1. The van der Waals surface area contributed by atoms with E-state index in [0.717, 1.165) is 34.9 Å². The Labute approximate surface area is 184 Å².